The van der Waals surface area contributed by atoms with E-state index in [2.05, 4.69) is 30.2 Å². The Labute approximate surface area is 186 Å². The van der Waals surface area contributed by atoms with Crippen LogP contribution in [0.3, 0.4) is 0 Å². The molecule has 0 spiro atoms. The van der Waals surface area contributed by atoms with Crippen molar-refractivity contribution in [1.82, 2.24) is 29.8 Å². The quantitative estimate of drug-likeness (QED) is 0.476. The second kappa shape index (κ2) is 7.63. The summed E-state index contributed by atoms with van der Waals surface area (Å²) in [6.45, 7) is 1.20. The Balaban J connectivity index is 1.55. The molecular formula is C21H18ClF2N7O. The molecule has 1 fully saturated rings. The molecule has 164 valence electrons. The lowest BCUT2D eigenvalue weighted by Gasteiger charge is -2.20. The molecule has 0 saturated carbocycles. The van der Waals surface area contributed by atoms with E-state index in [9.17, 15) is 13.6 Å². The van der Waals surface area contributed by atoms with Crippen LogP contribution in [0.4, 0.5) is 14.6 Å². The molecule has 32 heavy (non-hydrogen) atoms. The summed E-state index contributed by atoms with van der Waals surface area (Å²) in [5, 5.41) is 4.72. The van der Waals surface area contributed by atoms with E-state index in [1.807, 2.05) is 19.1 Å². The molecule has 3 aromatic heterocycles. The van der Waals surface area contributed by atoms with Gasteiger partial charge in [0.1, 0.15) is 17.5 Å². The number of rotatable bonds is 4. The normalized spacial score (nSPS) is 16.6. The van der Waals surface area contributed by atoms with E-state index >= 15 is 0 Å². The molecule has 1 aliphatic heterocycles. The van der Waals surface area contributed by atoms with E-state index in [1.165, 1.54) is 12.7 Å². The molecule has 1 aromatic carbocycles. The van der Waals surface area contributed by atoms with Crippen molar-refractivity contribution in [3.8, 4) is 0 Å². The maximum Gasteiger partial charge on any atom is 0.273 e. The van der Waals surface area contributed by atoms with Crippen LogP contribution < -0.4 is 5.32 Å². The van der Waals surface area contributed by atoms with Crippen LogP contribution in [0.15, 0.2) is 36.9 Å². The number of hydrogen-bond donors (Lipinski definition) is 2. The van der Waals surface area contributed by atoms with Crippen molar-refractivity contribution >= 4 is 45.3 Å². The number of alkyl halides is 2. The van der Waals surface area contributed by atoms with Crippen LogP contribution in [-0.2, 0) is 0 Å². The highest BCUT2D eigenvalue weighted by molar-refractivity contribution is 6.36. The highest BCUT2D eigenvalue weighted by Gasteiger charge is 2.41. The summed E-state index contributed by atoms with van der Waals surface area (Å²) in [7, 11) is 0. The minimum absolute atomic E-state index is 0.0322. The first-order valence-electron chi connectivity index (χ1n) is 9.99. The summed E-state index contributed by atoms with van der Waals surface area (Å²) in [6, 6.07) is 6.67. The van der Waals surface area contributed by atoms with Crippen LogP contribution in [-0.4, -0.2) is 54.7 Å². The zero-order chi connectivity index (χ0) is 22.5. The number of anilines is 1. The number of hydrogen-bond acceptors (Lipinski definition) is 6. The van der Waals surface area contributed by atoms with Crippen molar-refractivity contribution in [1.29, 1.82) is 0 Å². The second-order valence-electron chi connectivity index (χ2n) is 7.75. The first-order valence-corrected chi connectivity index (χ1v) is 10.4. The van der Waals surface area contributed by atoms with E-state index in [1.54, 1.807) is 12.1 Å². The van der Waals surface area contributed by atoms with Crippen molar-refractivity contribution in [2.75, 3.05) is 18.4 Å². The molecule has 1 aliphatic rings. The largest absolute Gasteiger partial charge is 0.360 e. The summed E-state index contributed by atoms with van der Waals surface area (Å²) in [6.07, 6.45) is 2.56. The Kier molecular flexibility index (Phi) is 4.89. The minimum Gasteiger partial charge on any atom is -0.360 e. The number of nitrogens with one attached hydrogen (secondary N) is 2. The van der Waals surface area contributed by atoms with Gasteiger partial charge in [0.05, 0.1) is 29.6 Å². The number of halogens is 3. The highest BCUT2D eigenvalue weighted by Crippen LogP contribution is 2.33. The summed E-state index contributed by atoms with van der Waals surface area (Å²) >= 11 is 6.38. The van der Waals surface area contributed by atoms with Crippen LogP contribution in [0.5, 0.6) is 0 Å². The molecule has 4 heterocycles. The van der Waals surface area contributed by atoms with Crippen molar-refractivity contribution in [2.45, 2.75) is 25.3 Å². The van der Waals surface area contributed by atoms with Crippen LogP contribution in [0.1, 0.15) is 35.6 Å². The number of imidazole rings is 1. The lowest BCUT2D eigenvalue weighted by molar-refractivity contribution is 0.0119. The van der Waals surface area contributed by atoms with Crippen LogP contribution in [0.25, 0.3) is 21.9 Å². The first kappa shape index (κ1) is 20.5. The number of benzene rings is 1. The van der Waals surface area contributed by atoms with E-state index < -0.39 is 18.4 Å². The highest BCUT2D eigenvalue weighted by atomic mass is 35.5. The number of aromatic amines is 1. The predicted octanol–water partition coefficient (Wildman–Crippen LogP) is 4.21. The van der Waals surface area contributed by atoms with Gasteiger partial charge in [-0.3, -0.25) is 4.79 Å². The molecule has 8 nitrogen and oxygen atoms in total. The van der Waals surface area contributed by atoms with E-state index in [-0.39, 0.29) is 24.7 Å². The monoisotopic (exact) mass is 457 g/mol. The SMILES string of the molecule is C[C@H](Nc1ncnc2[nH]cnc12)c1cc2cccc(Cl)c2c(C(=O)N2CCC(F)(F)C2)n1. The van der Waals surface area contributed by atoms with Gasteiger partial charge in [-0.05, 0) is 24.4 Å². The number of pyridine rings is 1. The maximum absolute atomic E-state index is 13.7. The van der Waals surface area contributed by atoms with Gasteiger partial charge in [0.15, 0.2) is 11.5 Å². The van der Waals surface area contributed by atoms with Crippen molar-refractivity contribution < 1.29 is 13.6 Å². The number of aromatic nitrogens is 5. The third-order valence-corrected chi connectivity index (χ3v) is 5.82. The third kappa shape index (κ3) is 3.60. The Morgan fingerprint density at radius 2 is 2.16 bits per heavy atom. The summed E-state index contributed by atoms with van der Waals surface area (Å²) in [5.41, 5.74) is 1.75. The van der Waals surface area contributed by atoms with Gasteiger partial charge in [0.25, 0.3) is 11.8 Å². The fourth-order valence-electron chi connectivity index (χ4n) is 3.87. The number of H-pyrrole nitrogens is 1. The van der Waals surface area contributed by atoms with Gasteiger partial charge in [-0.2, -0.15) is 0 Å². The molecule has 5 rings (SSSR count). The van der Waals surface area contributed by atoms with E-state index in [4.69, 9.17) is 11.6 Å². The molecule has 4 aromatic rings. The molecule has 0 unspecified atom stereocenters. The molecule has 0 bridgehead atoms. The summed E-state index contributed by atoms with van der Waals surface area (Å²) in [5.74, 6) is -2.96. The smallest absolute Gasteiger partial charge is 0.273 e. The van der Waals surface area contributed by atoms with Crippen LogP contribution >= 0.6 is 11.6 Å². The fourth-order valence-corrected chi connectivity index (χ4v) is 4.14. The first-order chi connectivity index (χ1) is 15.3. The van der Waals surface area contributed by atoms with Crippen molar-refractivity contribution in [3.63, 3.8) is 0 Å². The number of likely N-dealkylation sites (tertiary alicyclic amines) is 1. The Bertz CT molecular complexity index is 1340. The van der Waals surface area contributed by atoms with Crippen molar-refractivity contribution in [3.05, 3.63) is 53.3 Å². The molecule has 1 saturated heterocycles. The number of amides is 1. The van der Waals surface area contributed by atoms with Crippen LogP contribution in [0, 0.1) is 0 Å². The van der Waals surface area contributed by atoms with Gasteiger partial charge >= 0.3 is 0 Å². The molecule has 0 aliphatic carbocycles. The maximum atomic E-state index is 13.7. The Morgan fingerprint density at radius 1 is 1.31 bits per heavy atom. The number of carbonyl (C=O) groups excluding carboxylic acids is 1. The van der Waals surface area contributed by atoms with E-state index in [0.717, 1.165) is 4.90 Å². The fraction of sp³-hybridized carbons (Fsp3) is 0.286. The van der Waals surface area contributed by atoms with Gasteiger partial charge in [-0.25, -0.2) is 28.7 Å². The zero-order valence-electron chi connectivity index (χ0n) is 16.9. The number of nitrogens with zero attached hydrogens (tertiary/aromatic N) is 5. The topological polar surface area (TPSA) is 99.7 Å². The molecule has 0 radical (unpaired) electrons. The minimum atomic E-state index is -2.90. The van der Waals surface area contributed by atoms with E-state index in [0.29, 0.717) is 38.5 Å². The van der Waals surface area contributed by atoms with Gasteiger partial charge < -0.3 is 15.2 Å². The molecular weight excluding hydrogens is 440 g/mol. The van der Waals surface area contributed by atoms with Gasteiger partial charge in [-0.1, -0.05) is 23.7 Å². The van der Waals surface area contributed by atoms with Gasteiger partial charge in [-0.15, -0.1) is 0 Å². The van der Waals surface area contributed by atoms with Crippen LogP contribution in [0.2, 0.25) is 5.02 Å². The zero-order valence-corrected chi connectivity index (χ0v) is 17.7. The lowest BCUT2D eigenvalue weighted by atomic mass is 10.0. The third-order valence-electron chi connectivity index (χ3n) is 5.50. The van der Waals surface area contributed by atoms with Crippen molar-refractivity contribution in [2.24, 2.45) is 0 Å². The molecule has 2 N–H and O–H groups in total. The van der Waals surface area contributed by atoms with Gasteiger partial charge in [0, 0.05) is 18.4 Å². The molecule has 11 heteroatoms. The molecule has 1 amide bonds. The molecule has 1 atom stereocenters. The number of fused-ring (bicyclic) bond motifs is 2. The lowest BCUT2D eigenvalue weighted by Crippen LogP contribution is -2.32. The summed E-state index contributed by atoms with van der Waals surface area (Å²) < 4.78 is 27.5. The second-order valence-corrected chi connectivity index (χ2v) is 8.16. The average molecular weight is 458 g/mol. The number of carbonyl (C=O) groups is 1. The standard InChI is InChI=1S/C21H18ClF2N7O/c1-11(29-19-17-18(26-9-25-17)27-10-28-19)14-7-12-3-2-4-13(22)15(12)16(30-14)20(32)31-6-5-21(23,24)8-31/h2-4,7,9-11H,5-6,8H2,1H3,(H2,25,26,27,28,29)/t11-/m0/s1. The average Bonchev–Trinajstić information content (AvgIpc) is 3.39. The summed E-state index contributed by atoms with van der Waals surface area (Å²) in [4.78, 5) is 34.4. The Hall–Kier alpha value is -3.40. The Morgan fingerprint density at radius 3 is 2.94 bits per heavy atom. The van der Waals surface area contributed by atoms with Gasteiger partial charge in [0.2, 0.25) is 0 Å². The predicted molar refractivity (Wildman–Crippen MR) is 116 cm³/mol.